The van der Waals surface area contributed by atoms with E-state index in [0.717, 1.165) is 35.4 Å². The predicted octanol–water partition coefficient (Wildman–Crippen LogP) is 3.45. The van der Waals surface area contributed by atoms with Crippen molar-refractivity contribution in [3.8, 4) is 22.8 Å². The van der Waals surface area contributed by atoms with Gasteiger partial charge < -0.3 is 19.9 Å². The number of aromatic amines is 1. The number of carboxylic acids is 1. The third-order valence-electron chi connectivity index (χ3n) is 5.25. The summed E-state index contributed by atoms with van der Waals surface area (Å²) in [6, 6.07) is 12.9. The van der Waals surface area contributed by atoms with E-state index >= 15 is 0 Å². The number of thioether (sulfide) groups is 1. The Bertz CT molecular complexity index is 1250. The first kappa shape index (κ1) is 23.6. The second kappa shape index (κ2) is 10.6. The number of anilines is 1. The van der Waals surface area contributed by atoms with Gasteiger partial charge in [-0.2, -0.15) is 0 Å². The molecule has 2 heterocycles. The summed E-state index contributed by atoms with van der Waals surface area (Å²) in [6.07, 6.45) is 1.60. The summed E-state index contributed by atoms with van der Waals surface area (Å²) in [7, 11) is 0. The molecule has 0 saturated heterocycles. The highest BCUT2D eigenvalue weighted by Crippen LogP contribution is 2.35. The molecule has 0 aliphatic carbocycles. The van der Waals surface area contributed by atoms with Crippen LogP contribution >= 0.6 is 11.8 Å². The average molecular weight is 484 g/mol. The fraction of sp³-hybridized carbons (Fsp3) is 0.333. The molecule has 0 fully saturated rings. The normalized spacial score (nSPS) is 14.0. The lowest BCUT2D eigenvalue weighted by Crippen LogP contribution is -2.55. The molecule has 0 bridgehead atoms. The summed E-state index contributed by atoms with van der Waals surface area (Å²) < 4.78 is 12.8. The minimum Gasteiger partial charge on any atom is -0.490 e. The van der Waals surface area contributed by atoms with Crippen LogP contribution in [0.5, 0.6) is 11.5 Å². The Morgan fingerprint density at radius 3 is 2.76 bits per heavy atom. The van der Waals surface area contributed by atoms with Crippen molar-refractivity contribution >= 4 is 23.4 Å². The maximum atomic E-state index is 13.2. The van der Waals surface area contributed by atoms with E-state index in [2.05, 4.69) is 17.2 Å². The van der Waals surface area contributed by atoms with Crippen molar-refractivity contribution in [2.45, 2.75) is 38.0 Å². The van der Waals surface area contributed by atoms with E-state index in [1.807, 2.05) is 37.3 Å². The van der Waals surface area contributed by atoms with Crippen molar-refractivity contribution in [1.82, 2.24) is 10.1 Å². The second-order valence-electron chi connectivity index (χ2n) is 7.67. The van der Waals surface area contributed by atoms with Crippen LogP contribution in [0.3, 0.4) is 0 Å². The molecule has 1 aromatic heterocycles. The maximum Gasteiger partial charge on any atom is 0.341 e. The number of para-hydroxylation sites is 1. The molecule has 0 unspecified atom stereocenters. The van der Waals surface area contributed by atoms with Crippen molar-refractivity contribution in [3.05, 3.63) is 58.4 Å². The number of unbranched alkanes of at least 4 members (excludes halogenated alkanes) is 1. The molecule has 178 valence electrons. The third-order valence-corrected chi connectivity index (χ3v) is 6.20. The quantitative estimate of drug-likeness (QED) is 0.228. The Balaban J connectivity index is 1.79. The van der Waals surface area contributed by atoms with Crippen LogP contribution in [0.25, 0.3) is 11.3 Å². The van der Waals surface area contributed by atoms with Gasteiger partial charge >= 0.3 is 17.2 Å². The molecule has 34 heavy (non-hydrogen) atoms. The first-order valence-electron chi connectivity index (χ1n) is 11.2. The van der Waals surface area contributed by atoms with Crippen LogP contribution in [0.4, 0.5) is 5.69 Å². The van der Waals surface area contributed by atoms with Crippen LogP contribution < -0.4 is 25.0 Å². The number of nitrogens with one attached hydrogen (secondary N) is 2. The van der Waals surface area contributed by atoms with Crippen LogP contribution in [0.2, 0.25) is 0 Å². The number of ether oxygens (including phenoxy) is 2. The van der Waals surface area contributed by atoms with Crippen molar-refractivity contribution in [2.24, 2.45) is 0 Å². The third kappa shape index (κ3) is 5.01. The van der Waals surface area contributed by atoms with E-state index < -0.39 is 18.7 Å². The first-order valence-corrected chi connectivity index (χ1v) is 12.2. The smallest absolute Gasteiger partial charge is 0.341 e. The standard InChI is InChI=1S/C24H26N4O5S/c1-3-5-12-34-24-26-23(31)21-16-8-6-7-9-17(16)25-22(28(21)27-24)15-10-11-18(33-14-20(29)30)19(13-15)32-4-2/h6-11,13,22H,3-5,12,14H2,1-2H3,(H2,26,27,29,30,31)/p+1/t22-/m0/s1. The molecule has 4 rings (SSSR count). The Hall–Kier alpha value is -3.53. The lowest BCUT2D eigenvalue weighted by atomic mass is 10.0. The van der Waals surface area contributed by atoms with Crippen LogP contribution in [0.15, 0.2) is 52.4 Å². The van der Waals surface area contributed by atoms with Crippen molar-refractivity contribution in [3.63, 3.8) is 0 Å². The molecule has 1 aliphatic heterocycles. The van der Waals surface area contributed by atoms with Gasteiger partial charge in [0.15, 0.2) is 18.1 Å². The highest BCUT2D eigenvalue weighted by atomic mass is 32.2. The van der Waals surface area contributed by atoms with Crippen LogP contribution in [-0.2, 0) is 4.79 Å². The lowest BCUT2D eigenvalue weighted by Gasteiger charge is -2.23. The zero-order valence-corrected chi connectivity index (χ0v) is 19.9. The number of carboxylic acid groups (broad SMARTS) is 1. The number of hydrogen-bond donors (Lipinski definition) is 3. The van der Waals surface area contributed by atoms with E-state index in [1.165, 1.54) is 11.8 Å². The predicted molar refractivity (Wildman–Crippen MR) is 129 cm³/mol. The second-order valence-corrected chi connectivity index (χ2v) is 8.75. The molecule has 0 amide bonds. The minimum absolute atomic E-state index is 0.209. The molecule has 10 heteroatoms. The van der Waals surface area contributed by atoms with Gasteiger partial charge in [-0.25, -0.2) is 4.79 Å². The van der Waals surface area contributed by atoms with E-state index in [4.69, 9.17) is 19.7 Å². The Morgan fingerprint density at radius 1 is 1.18 bits per heavy atom. The molecule has 1 atom stereocenters. The summed E-state index contributed by atoms with van der Waals surface area (Å²) in [5, 5.41) is 17.8. The van der Waals surface area contributed by atoms with Crippen LogP contribution in [0, 0.1) is 0 Å². The van der Waals surface area contributed by atoms with Crippen LogP contribution in [0.1, 0.15) is 38.4 Å². The van der Waals surface area contributed by atoms with Gasteiger partial charge in [-0.05, 0) is 48.4 Å². The molecule has 9 nitrogen and oxygen atoms in total. The lowest BCUT2D eigenvalue weighted by molar-refractivity contribution is -0.759. The monoisotopic (exact) mass is 483 g/mol. The SMILES string of the molecule is CCCCSc1n[n+]2c(c(=O)[nH]1)-c1ccccc1N[C@@H]2c1ccc(OCC(=O)O)c(OCC)c1. The van der Waals surface area contributed by atoms with E-state index in [1.54, 1.807) is 16.8 Å². The fourth-order valence-electron chi connectivity index (χ4n) is 3.71. The number of aliphatic carboxylic acids is 1. The Labute approximate surface area is 201 Å². The number of fused-ring (bicyclic) bond motifs is 3. The van der Waals surface area contributed by atoms with Crippen molar-refractivity contribution in [1.29, 1.82) is 0 Å². The van der Waals surface area contributed by atoms with Gasteiger partial charge in [-0.15, -0.1) is 0 Å². The Morgan fingerprint density at radius 2 is 2.00 bits per heavy atom. The topological polar surface area (TPSA) is 117 Å². The summed E-state index contributed by atoms with van der Waals surface area (Å²) >= 11 is 1.52. The molecule has 0 saturated carbocycles. The number of rotatable bonds is 10. The fourth-order valence-corrected chi connectivity index (χ4v) is 4.65. The molecular formula is C24H27N4O5S+. The number of H-pyrrole nitrogens is 1. The number of carbonyl (C=O) groups is 1. The van der Waals surface area contributed by atoms with Crippen molar-refractivity contribution in [2.75, 3.05) is 24.3 Å². The van der Waals surface area contributed by atoms with E-state index in [9.17, 15) is 9.59 Å². The van der Waals surface area contributed by atoms with Gasteiger partial charge in [0.25, 0.3) is 6.17 Å². The zero-order valence-electron chi connectivity index (χ0n) is 19.0. The van der Waals surface area contributed by atoms with Gasteiger partial charge in [-0.1, -0.05) is 37.2 Å². The molecule has 3 aromatic rings. The average Bonchev–Trinajstić information content (AvgIpc) is 2.83. The van der Waals surface area contributed by atoms with Gasteiger partial charge in [0.05, 0.1) is 17.9 Å². The number of benzene rings is 2. The first-order chi connectivity index (χ1) is 16.5. The largest absolute Gasteiger partial charge is 0.490 e. The molecular weight excluding hydrogens is 456 g/mol. The zero-order chi connectivity index (χ0) is 24.1. The maximum absolute atomic E-state index is 13.2. The molecule has 1 aliphatic rings. The summed E-state index contributed by atoms with van der Waals surface area (Å²) in [5.41, 5.74) is 2.62. The minimum atomic E-state index is -1.07. The molecule has 0 radical (unpaired) electrons. The summed E-state index contributed by atoms with van der Waals surface area (Å²) in [5.74, 6) is 0.547. The molecule has 3 N–H and O–H groups in total. The van der Waals surface area contributed by atoms with E-state index in [0.29, 0.717) is 29.0 Å². The summed E-state index contributed by atoms with van der Waals surface area (Å²) in [6.45, 7) is 3.87. The highest BCUT2D eigenvalue weighted by Gasteiger charge is 2.38. The number of nitrogens with zero attached hydrogens (tertiary/aromatic N) is 2. The van der Waals surface area contributed by atoms with Gasteiger partial charge in [0.2, 0.25) is 5.16 Å². The van der Waals surface area contributed by atoms with Gasteiger partial charge in [-0.3, -0.25) is 9.78 Å². The molecule has 0 spiro atoms. The van der Waals surface area contributed by atoms with Gasteiger partial charge in [0, 0.05) is 16.4 Å². The van der Waals surface area contributed by atoms with E-state index in [-0.39, 0.29) is 5.56 Å². The number of hydrogen-bond acceptors (Lipinski definition) is 7. The Kier molecular flexibility index (Phi) is 7.36. The molecule has 2 aromatic carbocycles. The van der Waals surface area contributed by atoms with Crippen LogP contribution in [-0.4, -0.2) is 40.1 Å². The van der Waals surface area contributed by atoms with Crippen molar-refractivity contribution < 1.29 is 24.1 Å². The number of aromatic nitrogens is 3. The van der Waals surface area contributed by atoms with Gasteiger partial charge in [0.1, 0.15) is 0 Å². The summed E-state index contributed by atoms with van der Waals surface area (Å²) in [4.78, 5) is 27.0. The highest BCUT2D eigenvalue weighted by molar-refractivity contribution is 7.99.